The van der Waals surface area contributed by atoms with Gasteiger partial charge in [-0.2, -0.15) is 18.4 Å². The van der Waals surface area contributed by atoms with Gasteiger partial charge in [-0.15, -0.1) is 0 Å². The summed E-state index contributed by atoms with van der Waals surface area (Å²) in [6.07, 6.45) is -1.46. The van der Waals surface area contributed by atoms with Crippen molar-refractivity contribution < 1.29 is 21.6 Å². The quantitative estimate of drug-likeness (QED) is 0.271. The summed E-state index contributed by atoms with van der Waals surface area (Å²) in [5, 5.41) is 9.39. The molecule has 0 bridgehead atoms. The van der Waals surface area contributed by atoms with Crippen molar-refractivity contribution in [2.45, 2.75) is 30.1 Å². The highest BCUT2D eigenvalue weighted by Gasteiger charge is 2.37. The van der Waals surface area contributed by atoms with E-state index in [1.54, 1.807) is 12.3 Å². The Morgan fingerprint density at radius 1 is 1.06 bits per heavy atom. The highest BCUT2D eigenvalue weighted by atomic mass is 32.2. The first-order valence-electron chi connectivity index (χ1n) is 9.88. The van der Waals surface area contributed by atoms with Crippen molar-refractivity contribution in [1.29, 1.82) is 5.26 Å². The van der Waals surface area contributed by atoms with Crippen LogP contribution in [0, 0.1) is 11.3 Å². The summed E-state index contributed by atoms with van der Waals surface area (Å²) in [6.45, 7) is 4.00. The lowest BCUT2D eigenvalue weighted by molar-refractivity contribution is -0.137. The van der Waals surface area contributed by atoms with Gasteiger partial charge in [-0.05, 0) is 30.5 Å². The Morgan fingerprint density at radius 3 is 2.32 bits per heavy atom. The normalized spacial score (nSPS) is 11.6. The summed E-state index contributed by atoms with van der Waals surface area (Å²) < 4.78 is 68.5. The molecule has 0 spiro atoms. The van der Waals surface area contributed by atoms with Crippen LogP contribution in [0.25, 0.3) is 22.3 Å². The molecule has 0 unspecified atom stereocenters. The number of benzene rings is 1. The highest BCUT2D eigenvalue weighted by Crippen LogP contribution is 2.40. The third kappa shape index (κ3) is 4.62. The van der Waals surface area contributed by atoms with Crippen LogP contribution in [0.5, 0.6) is 0 Å². The molecule has 0 fully saturated rings. The zero-order chi connectivity index (χ0) is 25.1. The van der Waals surface area contributed by atoms with Crippen LogP contribution in [0.3, 0.4) is 0 Å². The number of alkyl halides is 3. The standard InChI is InChI=1S/C20H12F3N5O2S2.C2H6/c1-31-19-25-10-16(20(21,22)23)17(27-19)15-11-28(18-14(15)8-7-12(9-24)26-18)32(29,30)13-5-3-2-4-6-13;1-2/h2-8,10-11H,1H3;1-2H3. The molecule has 0 saturated heterocycles. The Hall–Kier alpha value is -3.43. The molecule has 0 radical (unpaired) electrons. The summed E-state index contributed by atoms with van der Waals surface area (Å²) in [5.41, 5.74) is -1.96. The van der Waals surface area contributed by atoms with E-state index in [0.717, 1.165) is 21.9 Å². The fourth-order valence-corrected chi connectivity index (χ4v) is 4.77. The van der Waals surface area contributed by atoms with Crippen molar-refractivity contribution in [1.82, 2.24) is 18.9 Å². The van der Waals surface area contributed by atoms with E-state index < -0.39 is 27.5 Å². The predicted molar refractivity (Wildman–Crippen MR) is 123 cm³/mol. The number of aromatic nitrogens is 4. The molecular formula is C22H18F3N5O2S2. The van der Waals surface area contributed by atoms with Crippen molar-refractivity contribution in [2.75, 3.05) is 6.26 Å². The van der Waals surface area contributed by atoms with E-state index in [1.165, 1.54) is 36.4 Å². The van der Waals surface area contributed by atoms with E-state index in [4.69, 9.17) is 0 Å². The zero-order valence-electron chi connectivity index (χ0n) is 18.2. The van der Waals surface area contributed by atoms with Crippen LogP contribution in [0.4, 0.5) is 13.2 Å². The van der Waals surface area contributed by atoms with Crippen LogP contribution in [-0.2, 0) is 16.2 Å². The topological polar surface area (TPSA) is 102 Å². The zero-order valence-corrected chi connectivity index (χ0v) is 19.8. The molecule has 0 atom stereocenters. The minimum Gasteiger partial charge on any atom is -0.230 e. The van der Waals surface area contributed by atoms with Crippen LogP contribution >= 0.6 is 11.8 Å². The Bertz CT molecular complexity index is 1480. The molecule has 0 aliphatic carbocycles. The lowest BCUT2D eigenvalue weighted by Crippen LogP contribution is -2.12. The summed E-state index contributed by atoms with van der Waals surface area (Å²) >= 11 is 1.04. The van der Waals surface area contributed by atoms with E-state index in [9.17, 15) is 26.9 Å². The average Bonchev–Trinajstić information content (AvgIpc) is 3.24. The maximum absolute atomic E-state index is 13.7. The van der Waals surface area contributed by atoms with Crippen molar-refractivity contribution in [2.24, 2.45) is 0 Å². The van der Waals surface area contributed by atoms with Gasteiger partial charge >= 0.3 is 6.18 Å². The maximum atomic E-state index is 13.7. The molecule has 0 saturated carbocycles. The summed E-state index contributed by atoms with van der Waals surface area (Å²) in [6, 6.07) is 11.8. The molecule has 34 heavy (non-hydrogen) atoms. The number of fused-ring (bicyclic) bond motifs is 1. The second-order valence-electron chi connectivity index (χ2n) is 6.45. The number of rotatable bonds is 4. The van der Waals surface area contributed by atoms with E-state index in [2.05, 4.69) is 15.0 Å². The maximum Gasteiger partial charge on any atom is 0.419 e. The molecule has 0 aliphatic heterocycles. The van der Waals surface area contributed by atoms with Crippen molar-refractivity contribution >= 4 is 32.8 Å². The van der Waals surface area contributed by atoms with Gasteiger partial charge in [0.05, 0.1) is 10.6 Å². The molecular weight excluding hydrogens is 487 g/mol. The Morgan fingerprint density at radius 2 is 1.74 bits per heavy atom. The number of nitrogens with zero attached hydrogens (tertiary/aromatic N) is 5. The van der Waals surface area contributed by atoms with E-state index in [1.807, 2.05) is 19.9 Å². The summed E-state index contributed by atoms with van der Waals surface area (Å²) in [4.78, 5) is 11.7. The third-order valence-electron chi connectivity index (χ3n) is 4.54. The minimum absolute atomic E-state index is 0.0846. The van der Waals surface area contributed by atoms with Crippen molar-refractivity contribution in [3.8, 4) is 17.3 Å². The van der Waals surface area contributed by atoms with Crippen LogP contribution in [0.15, 0.2) is 64.9 Å². The third-order valence-corrected chi connectivity index (χ3v) is 6.77. The molecule has 0 amide bonds. The van der Waals surface area contributed by atoms with Crippen LogP contribution in [0.2, 0.25) is 0 Å². The molecule has 7 nitrogen and oxygen atoms in total. The number of hydrogen-bond donors (Lipinski definition) is 0. The van der Waals surface area contributed by atoms with Gasteiger partial charge in [-0.25, -0.2) is 27.3 Å². The number of thioether (sulfide) groups is 1. The second-order valence-corrected chi connectivity index (χ2v) is 9.04. The van der Waals surface area contributed by atoms with Gasteiger partial charge < -0.3 is 0 Å². The van der Waals surface area contributed by atoms with Crippen LogP contribution < -0.4 is 0 Å². The van der Waals surface area contributed by atoms with E-state index >= 15 is 0 Å². The number of hydrogen-bond acceptors (Lipinski definition) is 7. The van der Waals surface area contributed by atoms with Crippen LogP contribution in [0.1, 0.15) is 25.1 Å². The Labute approximate surface area is 198 Å². The van der Waals surface area contributed by atoms with Crippen LogP contribution in [-0.4, -0.2) is 33.6 Å². The predicted octanol–water partition coefficient (Wildman–Crippen LogP) is 5.37. The van der Waals surface area contributed by atoms with Gasteiger partial charge in [0.2, 0.25) is 0 Å². The van der Waals surface area contributed by atoms with Crippen molar-refractivity contribution in [3.05, 3.63) is 66.1 Å². The molecule has 0 aliphatic rings. The number of nitriles is 1. The number of pyridine rings is 1. The lowest BCUT2D eigenvalue weighted by Gasteiger charge is -2.11. The van der Waals surface area contributed by atoms with E-state index in [-0.39, 0.29) is 32.3 Å². The molecule has 3 aromatic heterocycles. The van der Waals surface area contributed by atoms with Gasteiger partial charge in [0.15, 0.2) is 10.8 Å². The summed E-state index contributed by atoms with van der Waals surface area (Å²) in [5.74, 6) is 0. The minimum atomic E-state index is -4.78. The first-order valence-corrected chi connectivity index (χ1v) is 12.5. The molecule has 1 aromatic carbocycles. The van der Waals surface area contributed by atoms with E-state index in [0.29, 0.717) is 6.20 Å². The van der Waals surface area contributed by atoms with Gasteiger partial charge in [0, 0.05) is 23.3 Å². The monoisotopic (exact) mass is 505 g/mol. The van der Waals surface area contributed by atoms with Gasteiger partial charge in [-0.1, -0.05) is 43.8 Å². The first kappa shape index (κ1) is 25.2. The van der Waals surface area contributed by atoms with Gasteiger partial charge in [0.1, 0.15) is 17.3 Å². The Balaban J connectivity index is 0.00000158. The first-order chi connectivity index (χ1) is 16.2. The smallest absolute Gasteiger partial charge is 0.230 e. The second kappa shape index (κ2) is 9.82. The average molecular weight is 506 g/mol. The molecule has 176 valence electrons. The molecule has 4 rings (SSSR count). The summed E-state index contributed by atoms with van der Waals surface area (Å²) in [7, 11) is -4.23. The highest BCUT2D eigenvalue weighted by molar-refractivity contribution is 7.98. The molecule has 3 heterocycles. The molecule has 0 N–H and O–H groups in total. The number of halogens is 3. The molecule has 12 heteroatoms. The fourth-order valence-electron chi connectivity index (χ4n) is 3.09. The van der Waals surface area contributed by atoms with Gasteiger partial charge in [0.25, 0.3) is 10.0 Å². The molecule has 4 aromatic rings. The van der Waals surface area contributed by atoms with Crippen molar-refractivity contribution in [3.63, 3.8) is 0 Å². The fraction of sp³-hybridized carbons (Fsp3) is 0.182. The van der Waals surface area contributed by atoms with Gasteiger partial charge in [-0.3, -0.25) is 0 Å². The SMILES string of the molecule is CC.CSc1ncc(C(F)(F)F)c(-c2cn(S(=O)(=O)c3ccccc3)c3nc(C#N)ccc23)n1. The Kier molecular flexibility index (Phi) is 7.28. The lowest BCUT2D eigenvalue weighted by atomic mass is 10.1. The largest absolute Gasteiger partial charge is 0.419 e.